The van der Waals surface area contributed by atoms with E-state index < -0.39 is 34.4 Å². The highest BCUT2D eigenvalue weighted by atomic mass is 35.5. The minimum atomic E-state index is -1.68. The van der Waals surface area contributed by atoms with E-state index in [-0.39, 0.29) is 5.15 Å². The highest BCUT2D eigenvalue weighted by Gasteiger charge is 2.14. The number of benzene rings is 1. The van der Waals surface area contributed by atoms with Gasteiger partial charge >= 0.3 is 5.69 Å². The third-order valence-electron chi connectivity index (χ3n) is 2.13. The largest absolute Gasteiger partial charge is 0.334 e. The van der Waals surface area contributed by atoms with E-state index in [1.165, 1.54) is 0 Å². The Hall–Kier alpha value is -2.02. The van der Waals surface area contributed by atoms with Gasteiger partial charge in [0.2, 0.25) is 0 Å². The minimum Gasteiger partial charge on any atom is -0.297 e. The maximum atomic E-state index is 13.0. The van der Waals surface area contributed by atoms with Gasteiger partial charge in [-0.15, -0.1) is 0 Å². The van der Waals surface area contributed by atoms with Crippen molar-refractivity contribution in [2.45, 2.75) is 0 Å². The molecule has 0 saturated carbocycles. The number of nitrogens with one attached hydrogen (secondary N) is 1. The molecule has 1 aromatic carbocycles. The van der Waals surface area contributed by atoms with E-state index in [2.05, 4.69) is 4.98 Å². The van der Waals surface area contributed by atoms with E-state index in [1.807, 2.05) is 0 Å². The first kappa shape index (κ1) is 12.4. The molecule has 0 atom stereocenters. The highest BCUT2D eigenvalue weighted by Crippen LogP contribution is 2.14. The molecule has 0 aliphatic rings. The van der Waals surface area contributed by atoms with Gasteiger partial charge in [0.05, 0.1) is 5.69 Å². The van der Waals surface area contributed by atoms with E-state index in [9.17, 15) is 22.8 Å². The van der Waals surface area contributed by atoms with Crippen LogP contribution in [-0.2, 0) is 0 Å². The van der Waals surface area contributed by atoms with Crippen LogP contribution in [0.3, 0.4) is 0 Å². The molecule has 2 aromatic rings. The summed E-state index contributed by atoms with van der Waals surface area (Å²) in [7, 11) is 0. The van der Waals surface area contributed by atoms with E-state index in [0.29, 0.717) is 16.7 Å². The van der Waals surface area contributed by atoms with Crippen LogP contribution in [0.2, 0.25) is 5.15 Å². The summed E-state index contributed by atoms with van der Waals surface area (Å²) in [5.41, 5.74) is -2.32. The second-order valence-electron chi connectivity index (χ2n) is 3.32. The van der Waals surface area contributed by atoms with E-state index >= 15 is 0 Å². The molecule has 0 saturated heterocycles. The number of halogens is 4. The molecule has 1 N–H and O–H groups in total. The van der Waals surface area contributed by atoms with Crippen LogP contribution in [0.25, 0.3) is 5.69 Å². The van der Waals surface area contributed by atoms with Crippen LogP contribution in [0, 0.1) is 17.5 Å². The molecule has 0 amide bonds. The molecule has 8 heteroatoms. The SMILES string of the molecule is O=c1cc(Cl)[nH]c(=O)n1-c1cc(F)c(F)c(F)c1. The van der Waals surface area contributed by atoms with Crippen LogP contribution >= 0.6 is 11.6 Å². The smallest absolute Gasteiger partial charge is 0.297 e. The third kappa shape index (κ3) is 2.04. The monoisotopic (exact) mass is 276 g/mol. The average Bonchev–Trinajstić information content (AvgIpc) is 2.24. The van der Waals surface area contributed by atoms with Crippen LogP contribution < -0.4 is 11.2 Å². The predicted molar refractivity (Wildman–Crippen MR) is 57.5 cm³/mol. The van der Waals surface area contributed by atoms with Gasteiger partial charge in [-0.2, -0.15) is 0 Å². The van der Waals surface area contributed by atoms with Crippen molar-refractivity contribution in [3.8, 4) is 5.69 Å². The van der Waals surface area contributed by atoms with Gasteiger partial charge in [-0.1, -0.05) is 11.6 Å². The van der Waals surface area contributed by atoms with Gasteiger partial charge in [-0.25, -0.2) is 22.5 Å². The number of hydrogen-bond acceptors (Lipinski definition) is 2. The maximum absolute atomic E-state index is 13.0. The Bertz CT molecular complexity index is 684. The van der Waals surface area contributed by atoms with Crippen molar-refractivity contribution in [3.05, 3.63) is 61.6 Å². The molecular weight excluding hydrogens is 273 g/mol. The highest BCUT2D eigenvalue weighted by molar-refractivity contribution is 6.29. The quantitative estimate of drug-likeness (QED) is 0.635. The lowest BCUT2D eigenvalue weighted by Crippen LogP contribution is -2.33. The molecule has 0 unspecified atom stereocenters. The molecule has 1 heterocycles. The second-order valence-corrected chi connectivity index (χ2v) is 3.73. The zero-order valence-electron chi connectivity index (χ0n) is 8.51. The summed E-state index contributed by atoms with van der Waals surface area (Å²) in [5.74, 6) is -4.70. The lowest BCUT2D eigenvalue weighted by Gasteiger charge is -2.05. The maximum Gasteiger partial charge on any atom is 0.334 e. The Morgan fingerprint density at radius 3 is 2.11 bits per heavy atom. The number of rotatable bonds is 1. The summed E-state index contributed by atoms with van der Waals surface area (Å²) in [4.78, 5) is 25.0. The Morgan fingerprint density at radius 1 is 1.06 bits per heavy atom. The molecule has 94 valence electrons. The molecule has 0 bridgehead atoms. The topological polar surface area (TPSA) is 54.9 Å². The predicted octanol–water partition coefficient (Wildman–Crippen LogP) is 1.60. The van der Waals surface area contributed by atoms with E-state index in [1.54, 1.807) is 0 Å². The summed E-state index contributed by atoms with van der Waals surface area (Å²) in [6.45, 7) is 0. The summed E-state index contributed by atoms with van der Waals surface area (Å²) >= 11 is 5.42. The number of nitrogens with zero attached hydrogens (tertiary/aromatic N) is 1. The molecule has 1 aromatic heterocycles. The molecule has 0 aliphatic heterocycles. The van der Waals surface area contributed by atoms with Gasteiger partial charge in [0.1, 0.15) is 5.15 Å². The van der Waals surface area contributed by atoms with Crippen LogP contribution in [0.4, 0.5) is 13.2 Å². The lowest BCUT2D eigenvalue weighted by molar-refractivity contribution is 0.446. The molecular formula is C10H4ClF3N2O2. The molecule has 0 fully saturated rings. The van der Waals surface area contributed by atoms with Crippen molar-refractivity contribution in [2.24, 2.45) is 0 Å². The fourth-order valence-electron chi connectivity index (χ4n) is 1.38. The summed E-state index contributed by atoms with van der Waals surface area (Å²) in [5, 5.41) is -0.218. The molecule has 0 spiro atoms. The number of H-pyrrole nitrogens is 1. The summed E-state index contributed by atoms with van der Waals surface area (Å²) in [6, 6.07) is 1.91. The summed E-state index contributed by atoms with van der Waals surface area (Å²) < 4.78 is 39.2. The van der Waals surface area contributed by atoms with Crippen molar-refractivity contribution in [3.63, 3.8) is 0 Å². The molecule has 0 radical (unpaired) electrons. The lowest BCUT2D eigenvalue weighted by atomic mass is 10.3. The van der Waals surface area contributed by atoms with Crippen LogP contribution in [0.5, 0.6) is 0 Å². The fraction of sp³-hybridized carbons (Fsp3) is 0. The first-order valence-electron chi connectivity index (χ1n) is 4.57. The van der Waals surface area contributed by atoms with Crippen molar-refractivity contribution < 1.29 is 13.2 Å². The average molecular weight is 277 g/mol. The zero-order chi connectivity index (χ0) is 13.4. The zero-order valence-corrected chi connectivity index (χ0v) is 9.26. The van der Waals surface area contributed by atoms with Gasteiger partial charge < -0.3 is 0 Å². The van der Waals surface area contributed by atoms with Crippen molar-refractivity contribution in [1.82, 2.24) is 9.55 Å². The van der Waals surface area contributed by atoms with Gasteiger partial charge in [0.15, 0.2) is 17.5 Å². The van der Waals surface area contributed by atoms with Gasteiger partial charge in [-0.3, -0.25) is 9.78 Å². The number of hydrogen-bond donors (Lipinski definition) is 1. The van der Waals surface area contributed by atoms with E-state index in [4.69, 9.17) is 11.6 Å². The van der Waals surface area contributed by atoms with Gasteiger partial charge in [0, 0.05) is 18.2 Å². The van der Waals surface area contributed by atoms with Crippen molar-refractivity contribution in [1.29, 1.82) is 0 Å². The Morgan fingerprint density at radius 2 is 1.61 bits per heavy atom. The van der Waals surface area contributed by atoms with Crippen LogP contribution in [-0.4, -0.2) is 9.55 Å². The van der Waals surface area contributed by atoms with Crippen molar-refractivity contribution in [2.75, 3.05) is 0 Å². The summed E-state index contributed by atoms with van der Waals surface area (Å²) in [6.07, 6.45) is 0. The Kier molecular flexibility index (Phi) is 3.00. The van der Waals surface area contributed by atoms with Crippen LogP contribution in [0.15, 0.2) is 27.8 Å². The first-order valence-corrected chi connectivity index (χ1v) is 4.95. The van der Waals surface area contributed by atoms with Crippen LogP contribution in [0.1, 0.15) is 0 Å². The molecule has 18 heavy (non-hydrogen) atoms. The first-order chi connectivity index (χ1) is 8.40. The standard InChI is InChI=1S/C10H4ClF3N2O2/c11-7-3-8(17)16(10(18)15-7)4-1-5(12)9(14)6(13)2-4/h1-3H,(H,15,18). The molecule has 4 nitrogen and oxygen atoms in total. The van der Waals surface area contributed by atoms with Gasteiger partial charge in [-0.05, 0) is 0 Å². The Labute approximate surface area is 102 Å². The van der Waals surface area contributed by atoms with Crippen molar-refractivity contribution >= 4 is 11.6 Å². The van der Waals surface area contributed by atoms with Gasteiger partial charge in [0.25, 0.3) is 5.56 Å². The number of aromatic amines is 1. The number of aromatic nitrogens is 2. The Balaban J connectivity index is 2.78. The fourth-order valence-corrected chi connectivity index (χ4v) is 1.56. The molecule has 0 aliphatic carbocycles. The normalized spacial score (nSPS) is 10.7. The second kappa shape index (κ2) is 4.34. The minimum absolute atomic E-state index is 0.218. The third-order valence-corrected chi connectivity index (χ3v) is 2.33. The molecule has 2 rings (SSSR count). The van der Waals surface area contributed by atoms with E-state index in [0.717, 1.165) is 6.07 Å².